The Morgan fingerprint density at radius 3 is 2.25 bits per heavy atom. The smallest absolute Gasteiger partial charge is 0.253 e. The van der Waals surface area contributed by atoms with Gasteiger partial charge in [-0.3, -0.25) is 9.59 Å². The zero-order valence-electron chi connectivity index (χ0n) is 14.2. The molecule has 0 heterocycles. The third kappa shape index (κ3) is 4.13. The largest absolute Gasteiger partial charge is 0.375 e. The molecular weight excluding hydrogens is 302 g/mol. The molecule has 0 aliphatic carbocycles. The molecule has 0 saturated heterocycles. The number of nitrogens with zero attached hydrogens (tertiary/aromatic N) is 1. The maximum Gasteiger partial charge on any atom is 0.253 e. The normalized spacial score (nSPS) is 10.3. The Hall–Kier alpha value is -2.82. The average molecular weight is 325 g/mol. The molecule has 0 spiro atoms. The molecule has 0 aliphatic rings. The van der Waals surface area contributed by atoms with E-state index in [1.807, 2.05) is 50.2 Å². The third-order valence-electron chi connectivity index (χ3n) is 3.65. The van der Waals surface area contributed by atoms with E-state index in [1.54, 1.807) is 30.1 Å². The van der Waals surface area contributed by atoms with E-state index in [0.717, 1.165) is 5.69 Å². The highest BCUT2D eigenvalue weighted by atomic mass is 16.2. The van der Waals surface area contributed by atoms with Gasteiger partial charge in [0.25, 0.3) is 5.91 Å². The van der Waals surface area contributed by atoms with Gasteiger partial charge >= 0.3 is 0 Å². The fourth-order valence-electron chi connectivity index (χ4n) is 2.54. The number of carbonyl (C=O) groups excluding carboxylic acids is 2. The SMILES string of the molecule is CNC(=O)c1ccccc1NCC(=O)N(c1ccccc1)C(C)C. The van der Waals surface area contributed by atoms with Gasteiger partial charge in [-0.05, 0) is 38.1 Å². The molecule has 0 unspecified atom stereocenters. The number of amides is 2. The van der Waals surface area contributed by atoms with Gasteiger partial charge in [-0.15, -0.1) is 0 Å². The number of para-hydroxylation sites is 2. The molecular formula is C19H23N3O2. The van der Waals surface area contributed by atoms with Gasteiger partial charge in [-0.25, -0.2) is 0 Å². The predicted molar refractivity (Wildman–Crippen MR) is 97.4 cm³/mol. The van der Waals surface area contributed by atoms with Gasteiger partial charge in [0.1, 0.15) is 0 Å². The van der Waals surface area contributed by atoms with E-state index < -0.39 is 0 Å². The molecule has 5 nitrogen and oxygen atoms in total. The summed E-state index contributed by atoms with van der Waals surface area (Å²) in [6.45, 7) is 4.06. The summed E-state index contributed by atoms with van der Waals surface area (Å²) in [5.74, 6) is -0.239. The molecule has 2 aromatic carbocycles. The van der Waals surface area contributed by atoms with Crippen LogP contribution in [0, 0.1) is 0 Å². The quantitative estimate of drug-likeness (QED) is 0.858. The van der Waals surface area contributed by atoms with Gasteiger partial charge in [0.15, 0.2) is 0 Å². The molecule has 0 saturated carbocycles. The van der Waals surface area contributed by atoms with Crippen molar-refractivity contribution in [1.82, 2.24) is 5.32 Å². The Balaban J connectivity index is 2.14. The van der Waals surface area contributed by atoms with Crippen molar-refractivity contribution in [2.45, 2.75) is 19.9 Å². The predicted octanol–water partition coefficient (Wildman–Crippen LogP) is 2.90. The molecule has 2 N–H and O–H groups in total. The van der Waals surface area contributed by atoms with Crippen molar-refractivity contribution in [1.29, 1.82) is 0 Å². The van der Waals surface area contributed by atoms with E-state index in [-0.39, 0.29) is 24.4 Å². The summed E-state index contributed by atoms with van der Waals surface area (Å²) in [4.78, 5) is 26.3. The Morgan fingerprint density at radius 1 is 1.00 bits per heavy atom. The number of benzene rings is 2. The maximum atomic E-state index is 12.7. The first-order chi connectivity index (χ1) is 11.5. The second kappa shape index (κ2) is 8.15. The van der Waals surface area contributed by atoms with Crippen LogP contribution in [-0.4, -0.2) is 31.4 Å². The molecule has 0 aromatic heterocycles. The highest BCUT2D eigenvalue weighted by Crippen LogP contribution is 2.18. The lowest BCUT2D eigenvalue weighted by Crippen LogP contribution is -2.40. The first-order valence-corrected chi connectivity index (χ1v) is 7.96. The van der Waals surface area contributed by atoms with Crippen LogP contribution in [0.2, 0.25) is 0 Å². The molecule has 2 aromatic rings. The van der Waals surface area contributed by atoms with Gasteiger partial charge in [-0.1, -0.05) is 30.3 Å². The van der Waals surface area contributed by atoms with E-state index in [4.69, 9.17) is 0 Å². The van der Waals surface area contributed by atoms with Crippen molar-refractivity contribution < 1.29 is 9.59 Å². The molecule has 0 fully saturated rings. The third-order valence-corrected chi connectivity index (χ3v) is 3.65. The number of hydrogen-bond donors (Lipinski definition) is 2. The van der Waals surface area contributed by atoms with Crippen molar-refractivity contribution >= 4 is 23.2 Å². The zero-order chi connectivity index (χ0) is 17.5. The van der Waals surface area contributed by atoms with Gasteiger partial charge in [0.2, 0.25) is 5.91 Å². The number of anilines is 2. The van der Waals surface area contributed by atoms with E-state index in [1.165, 1.54) is 0 Å². The molecule has 0 bridgehead atoms. The lowest BCUT2D eigenvalue weighted by molar-refractivity contribution is -0.117. The summed E-state index contributed by atoms with van der Waals surface area (Å²) in [6, 6.07) is 16.7. The number of rotatable bonds is 6. The zero-order valence-corrected chi connectivity index (χ0v) is 14.2. The fraction of sp³-hybridized carbons (Fsp3) is 0.263. The second-order valence-corrected chi connectivity index (χ2v) is 5.67. The average Bonchev–Trinajstić information content (AvgIpc) is 2.60. The van der Waals surface area contributed by atoms with Crippen LogP contribution in [0.3, 0.4) is 0 Å². The van der Waals surface area contributed by atoms with Crippen LogP contribution in [0.15, 0.2) is 54.6 Å². The Kier molecular flexibility index (Phi) is 5.95. The second-order valence-electron chi connectivity index (χ2n) is 5.67. The molecule has 0 radical (unpaired) electrons. The summed E-state index contributed by atoms with van der Waals surface area (Å²) >= 11 is 0. The first-order valence-electron chi connectivity index (χ1n) is 7.96. The summed E-state index contributed by atoms with van der Waals surface area (Å²) in [7, 11) is 1.58. The molecule has 2 amide bonds. The minimum absolute atomic E-state index is 0.0379. The van der Waals surface area contributed by atoms with Crippen LogP contribution in [0.1, 0.15) is 24.2 Å². The highest BCUT2D eigenvalue weighted by molar-refractivity contribution is 6.01. The monoisotopic (exact) mass is 325 g/mol. The fourth-order valence-corrected chi connectivity index (χ4v) is 2.54. The molecule has 126 valence electrons. The summed E-state index contributed by atoms with van der Waals surface area (Å²) in [5.41, 5.74) is 2.02. The number of nitrogens with one attached hydrogen (secondary N) is 2. The van der Waals surface area contributed by atoms with Crippen LogP contribution >= 0.6 is 0 Å². The van der Waals surface area contributed by atoms with Gasteiger partial charge < -0.3 is 15.5 Å². The Bertz CT molecular complexity index is 699. The van der Waals surface area contributed by atoms with Gasteiger partial charge in [0, 0.05) is 24.5 Å². The Morgan fingerprint density at radius 2 is 1.62 bits per heavy atom. The highest BCUT2D eigenvalue weighted by Gasteiger charge is 2.19. The molecule has 24 heavy (non-hydrogen) atoms. The van der Waals surface area contributed by atoms with E-state index in [9.17, 15) is 9.59 Å². The number of hydrogen-bond acceptors (Lipinski definition) is 3. The minimum atomic E-state index is -0.186. The molecule has 5 heteroatoms. The van der Waals surface area contributed by atoms with Crippen molar-refractivity contribution in [3.63, 3.8) is 0 Å². The van der Waals surface area contributed by atoms with Crippen molar-refractivity contribution in [2.24, 2.45) is 0 Å². The molecule has 0 atom stereocenters. The lowest BCUT2D eigenvalue weighted by atomic mass is 10.1. The van der Waals surface area contributed by atoms with Crippen molar-refractivity contribution in [2.75, 3.05) is 23.8 Å². The Labute approximate surface area is 142 Å². The standard InChI is InChI=1S/C19H23N3O2/c1-14(2)22(15-9-5-4-6-10-15)18(23)13-21-17-12-8-7-11-16(17)19(24)20-3/h4-12,14,21H,13H2,1-3H3,(H,20,24). The molecule has 0 aliphatic heterocycles. The van der Waals surface area contributed by atoms with Gasteiger partial charge in [-0.2, -0.15) is 0 Å². The van der Waals surface area contributed by atoms with E-state index in [0.29, 0.717) is 11.3 Å². The summed E-state index contributed by atoms with van der Waals surface area (Å²) in [5, 5.41) is 5.68. The van der Waals surface area contributed by atoms with Crippen LogP contribution in [0.5, 0.6) is 0 Å². The van der Waals surface area contributed by atoms with Crippen molar-refractivity contribution in [3.05, 3.63) is 60.2 Å². The first kappa shape index (κ1) is 17.5. The van der Waals surface area contributed by atoms with Crippen LogP contribution in [-0.2, 0) is 4.79 Å². The van der Waals surface area contributed by atoms with E-state index >= 15 is 0 Å². The number of carbonyl (C=O) groups is 2. The van der Waals surface area contributed by atoms with Crippen LogP contribution in [0.4, 0.5) is 11.4 Å². The summed E-state index contributed by atoms with van der Waals surface area (Å²) in [6.07, 6.45) is 0. The molecule has 2 rings (SSSR count). The van der Waals surface area contributed by atoms with Gasteiger partial charge in [0.05, 0.1) is 12.1 Å². The van der Waals surface area contributed by atoms with Crippen LogP contribution in [0.25, 0.3) is 0 Å². The topological polar surface area (TPSA) is 61.4 Å². The summed E-state index contributed by atoms with van der Waals surface area (Å²) < 4.78 is 0. The lowest BCUT2D eigenvalue weighted by Gasteiger charge is -2.27. The van der Waals surface area contributed by atoms with Crippen molar-refractivity contribution in [3.8, 4) is 0 Å². The minimum Gasteiger partial charge on any atom is -0.375 e. The van der Waals surface area contributed by atoms with E-state index in [2.05, 4.69) is 10.6 Å². The maximum absolute atomic E-state index is 12.7. The van der Waals surface area contributed by atoms with Crippen LogP contribution < -0.4 is 15.5 Å².